The molecule has 1 fully saturated rings. The molecule has 1 aliphatic rings. The molecule has 0 bridgehead atoms. The maximum Gasteiger partial charge on any atom is 0.121 e. The van der Waals surface area contributed by atoms with Gasteiger partial charge in [0.25, 0.3) is 0 Å². The van der Waals surface area contributed by atoms with E-state index in [9.17, 15) is 5.11 Å². The zero-order valence-corrected chi connectivity index (χ0v) is 9.73. The van der Waals surface area contributed by atoms with Gasteiger partial charge in [-0.2, -0.15) is 0 Å². The minimum absolute atomic E-state index is 0.605. The van der Waals surface area contributed by atoms with Gasteiger partial charge in [0.1, 0.15) is 5.75 Å². The second-order valence-electron chi connectivity index (χ2n) is 4.59. The van der Waals surface area contributed by atoms with E-state index in [4.69, 9.17) is 10.5 Å². The van der Waals surface area contributed by atoms with E-state index >= 15 is 0 Å². The minimum Gasteiger partial charge on any atom is -0.497 e. The summed E-state index contributed by atoms with van der Waals surface area (Å²) in [5.74, 6) is 0.757. The molecule has 2 rings (SSSR count). The molecule has 0 aromatic heterocycles. The van der Waals surface area contributed by atoms with E-state index in [1.807, 2.05) is 25.1 Å². The number of methoxy groups -OCH3 is 1. The highest BCUT2D eigenvalue weighted by molar-refractivity contribution is 5.70. The van der Waals surface area contributed by atoms with Crippen LogP contribution in [0.1, 0.15) is 13.3 Å². The van der Waals surface area contributed by atoms with Crippen LogP contribution in [0.3, 0.4) is 0 Å². The van der Waals surface area contributed by atoms with Crippen molar-refractivity contribution in [3.8, 4) is 5.75 Å². The average Bonchev–Trinajstić information content (AvgIpc) is 2.58. The van der Waals surface area contributed by atoms with Crippen molar-refractivity contribution in [2.45, 2.75) is 18.9 Å². The van der Waals surface area contributed by atoms with Gasteiger partial charge in [0, 0.05) is 19.2 Å². The van der Waals surface area contributed by atoms with Crippen molar-refractivity contribution in [3.05, 3.63) is 18.2 Å². The summed E-state index contributed by atoms with van der Waals surface area (Å²) in [6, 6.07) is 5.64. The Balaban J connectivity index is 2.22. The summed E-state index contributed by atoms with van der Waals surface area (Å²) in [6.45, 7) is 3.32. The minimum atomic E-state index is -0.605. The molecule has 1 aromatic carbocycles. The third kappa shape index (κ3) is 2.07. The van der Waals surface area contributed by atoms with Gasteiger partial charge in [-0.25, -0.2) is 0 Å². The van der Waals surface area contributed by atoms with Crippen LogP contribution in [0.25, 0.3) is 0 Å². The predicted molar refractivity (Wildman–Crippen MR) is 64.9 cm³/mol. The first-order chi connectivity index (χ1) is 7.52. The Bertz CT molecular complexity index is 391. The van der Waals surface area contributed by atoms with E-state index in [0.29, 0.717) is 12.2 Å². The Morgan fingerprint density at radius 1 is 1.50 bits per heavy atom. The molecule has 1 unspecified atom stereocenters. The van der Waals surface area contributed by atoms with Crippen LogP contribution in [-0.2, 0) is 0 Å². The molecule has 16 heavy (non-hydrogen) atoms. The lowest BCUT2D eigenvalue weighted by atomic mass is 10.1. The van der Waals surface area contributed by atoms with Crippen LogP contribution >= 0.6 is 0 Å². The van der Waals surface area contributed by atoms with E-state index in [1.54, 1.807) is 7.11 Å². The Morgan fingerprint density at radius 3 is 2.75 bits per heavy atom. The van der Waals surface area contributed by atoms with E-state index in [2.05, 4.69) is 4.90 Å². The molecular weight excluding hydrogens is 204 g/mol. The predicted octanol–water partition coefficient (Wildman–Crippen LogP) is 1.24. The summed E-state index contributed by atoms with van der Waals surface area (Å²) in [5, 5.41) is 9.91. The molecule has 4 heteroatoms. The van der Waals surface area contributed by atoms with Crippen LogP contribution in [-0.4, -0.2) is 30.9 Å². The fourth-order valence-electron chi connectivity index (χ4n) is 2.10. The maximum absolute atomic E-state index is 9.91. The van der Waals surface area contributed by atoms with Crippen LogP contribution in [0.5, 0.6) is 5.75 Å². The zero-order chi connectivity index (χ0) is 11.8. The van der Waals surface area contributed by atoms with Crippen LogP contribution in [0.15, 0.2) is 18.2 Å². The Labute approximate surface area is 95.6 Å². The highest BCUT2D eigenvalue weighted by Crippen LogP contribution is 2.32. The van der Waals surface area contributed by atoms with Gasteiger partial charge in [0.15, 0.2) is 0 Å². The first kappa shape index (κ1) is 11.1. The van der Waals surface area contributed by atoms with Crippen molar-refractivity contribution in [3.63, 3.8) is 0 Å². The number of ether oxygens (including phenoxy) is 1. The number of hydrogen-bond acceptors (Lipinski definition) is 4. The SMILES string of the molecule is COc1ccc(N2CCC(C)(O)C2)c(N)c1. The Hall–Kier alpha value is -1.42. The van der Waals surface area contributed by atoms with Gasteiger partial charge in [-0.1, -0.05) is 0 Å². The van der Waals surface area contributed by atoms with Gasteiger partial charge in [-0.05, 0) is 25.5 Å². The van der Waals surface area contributed by atoms with Crippen molar-refractivity contribution < 1.29 is 9.84 Å². The van der Waals surface area contributed by atoms with Gasteiger partial charge >= 0.3 is 0 Å². The lowest BCUT2D eigenvalue weighted by Crippen LogP contribution is -2.29. The third-order valence-corrected chi connectivity index (χ3v) is 3.03. The van der Waals surface area contributed by atoms with Crippen molar-refractivity contribution in [1.82, 2.24) is 0 Å². The van der Waals surface area contributed by atoms with E-state index in [0.717, 1.165) is 24.4 Å². The molecule has 1 heterocycles. The molecule has 0 amide bonds. The molecule has 1 aromatic rings. The van der Waals surface area contributed by atoms with Gasteiger partial charge < -0.3 is 20.5 Å². The molecule has 0 aliphatic carbocycles. The molecule has 88 valence electrons. The maximum atomic E-state index is 9.91. The first-order valence-electron chi connectivity index (χ1n) is 5.43. The second-order valence-corrected chi connectivity index (χ2v) is 4.59. The van der Waals surface area contributed by atoms with E-state index < -0.39 is 5.60 Å². The molecule has 0 spiro atoms. The van der Waals surface area contributed by atoms with Crippen molar-refractivity contribution in [1.29, 1.82) is 0 Å². The standard InChI is InChI=1S/C12H18N2O2/c1-12(15)5-6-14(8-12)11-4-3-9(16-2)7-10(11)13/h3-4,7,15H,5-6,8,13H2,1-2H3. The van der Waals surface area contributed by atoms with Crippen molar-refractivity contribution >= 4 is 11.4 Å². The summed E-state index contributed by atoms with van der Waals surface area (Å²) in [7, 11) is 1.62. The lowest BCUT2D eigenvalue weighted by Gasteiger charge is -2.22. The van der Waals surface area contributed by atoms with Crippen molar-refractivity contribution in [2.24, 2.45) is 0 Å². The highest BCUT2D eigenvalue weighted by Gasteiger charge is 2.32. The fourth-order valence-corrected chi connectivity index (χ4v) is 2.10. The molecule has 1 saturated heterocycles. The number of benzene rings is 1. The van der Waals surface area contributed by atoms with Crippen LogP contribution < -0.4 is 15.4 Å². The van der Waals surface area contributed by atoms with Gasteiger partial charge in [0.2, 0.25) is 0 Å². The topological polar surface area (TPSA) is 58.7 Å². The van der Waals surface area contributed by atoms with Gasteiger partial charge in [-0.15, -0.1) is 0 Å². The Kier molecular flexibility index (Phi) is 2.68. The molecule has 4 nitrogen and oxygen atoms in total. The molecule has 0 radical (unpaired) electrons. The zero-order valence-electron chi connectivity index (χ0n) is 9.73. The lowest BCUT2D eigenvalue weighted by molar-refractivity contribution is 0.0839. The monoisotopic (exact) mass is 222 g/mol. The first-order valence-corrected chi connectivity index (χ1v) is 5.43. The normalized spacial score (nSPS) is 24.8. The summed E-state index contributed by atoms with van der Waals surface area (Å²) >= 11 is 0. The number of hydrogen-bond donors (Lipinski definition) is 2. The number of aliphatic hydroxyl groups is 1. The van der Waals surface area contributed by atoms with Gasteiger partial charge in [0.05, 0.1) is 24.1 Å². The molecule has 1 atom stereocenters. The van der Waals surface area contributed by atoms with Crippen LogP contribution in [0.4, 0.5) is 11.4 Å². The summed E-state index contributed by atoms with van der Waals surface area (Å²) in [5.41, 5.74) is 7.02. The fraction of sp³-hybridized carbons (Fsp3) is 0.500. The summed E-state index contributed by atoms with van der Waals surface area (Å²) in [6.07, 6.45) is 0.776. The largest absolute Gasteiger partial charge is 0.497 e. The van der Waals surface area contributed by atoms with E-state index in [-0.39, 0.29) is 0 Å². The summed E-state index contributed by atoms with van der Waals surface area (Å²) in [4.78, 5) is 2.11. The molecular formula is C12H18N2O2. The van der Waals surface area contributed by atoms with Crippen LogP contribution in [0, 0.1) is 0 Å². The third-order valence-electron chi connectivity index (χ3n) is 3.03. The number of anilines is 2. The van der Waals surface area contributed by atoms with Crippen molar-refractivity contribution in [2.75, 3.05) is 30.8 Å². The molecule has 1 aliphatic heterocycles. The smallest absolute Gasteiger partial charge is 0.121 e. The number of nitrogen functional groups attached to an aromatic ring is 1. The highest BCUT2D eigenvalue weighted by atomic mass is 16.5. The quantitative estimate of drug-likeness (QED) is 0.739. The summed E-state index contributed by atoms with van der Waals surface area (Å²) < 4.78 is 5.11. The molecule has 0 saturated carbocycles. The number of nitrogens with two attached hydrogens (primary N) is 1. The number of nitrogens with zero attached hydrogens (tertiary/aromatic N) is 1. The number of β-amino-alcohol motifs (C(OH)–C–C–N with tert-alkyl or cyclic N) is 1. The number of rotatable bonds is 2. The van der Waals surface area contributed by atoms with E-state index in [1.165, 1.54) is 0 Å². The average molecular weight is 222 g/mol. The van der Waals surface area contributed by atoms with Gasteiger partial charge in [-0.3, -0.25) is 0 Å². The van der Waals surface area contributed by atoms with Crippen LogP contribution in [0.2, 0.25) is 0 Å². The second kappa shape index (κ2) is 3.87. The molecule has 3 N–H and O–H groups in total. The Morgan fingerprint density at radius 2 is 2.25 bits per heavy atom.